The molecule has 1 aromatic heterocycles. The molecule has 3 aromatic rings. The van der Waals surface area contributed by atoms with E-state index in [1.54, 1.807) is 30.3 Å². The van der Waals surface area contributed by atoms with E-state index in [0.717, 1.165) is 6.07 Å². The zero-order chi connectivity index (χ0) is 17.6. The van der Waals surface area contributed by atoms with Crippen molar-refractivity contribution in [2.75, 3.05) is 0 Å². The van der Waals surface area contributed by atoms with Crippen LogP contribution >= 0.6 is 0 Å². The maximum Gasteiger partial charge on any atom is 1.00 e. The van der Waals surface area contributed by atoms with Crippen LogP contribution in [0.4, 0.5) is 0 Å². The van der Waals surface area contributed by atoms with Gasteiger partial charge in [-0.15, -0.1) is 0 Å². The van der Waals surface area contributed by atoms with E-state index in [0.29, 0.717) is 5.56 Å². The first-order valence-corrected chi connectivity index (χ1v) is 7.88. The fourth-order valence-corrected chi connectivity index (χ4v) is 3.00. The second kappa shape index (κ2) is 6.70. The molecule has 0 atom stereocenters. The number of hydrogen-bond donors (Lipinski definition) is 3. The van der Waals surface area contributed by atoms with Crippen LogP contribution in [0.5, 0.6) is 17.2 Å². The molecule has 124 valence electrons. The van der Waals surface area contributed by atoms with Crippen molar-refractivity contribution in [1.29, 1.82) is 0 Å². The van der Waals surface area contributed by atoms with E-state index in [4.69, 9.17) is 4.42 Å². The third-order valence-corrected chi connectivity index (χ3v) is 4.24. The zero-order valence-corrected chi connectivity index (χ0v) is 15.6. The Labute approximate surface area is 163 Å². The molecule has 0 saturated carbocycles. The van der Waals surface area contributed by atoms with E-state index in [1.807, 2.05) is 0 Å². The smallest absolute Gasteiger partial charge is 0.744 e. The van der Waals surface area contributed by atoms with Crippen molar-refractivity contribution in [3.8, 4) is 28.6 Å². The van der Waals surface area contributed by atoms with Crippen LogP contribution in [-0.4, -0.2) is 28.3 Å². The van der Waals surface area contributed by atoms with Gasteiger partial charge >= 0.3 is 29.6 Å². The second-order valence-electron chi connectivity index (χ2n) is 4.87. The average Bonchev–Trinajstić information content (AvgIpc) is 2.51. The Morgan fingerprint density at radius 3 is 2.12 bits per heavy atom. The van der Waals surface area contributed by atoms with Crippen molar-refractivity contribution in [3.63, 3.8) is 0 Å². The van der Waals surface area contributed by atoms with Crippen LogP contribution in [0.25, 0.3) is 22.3 Å². The Bertz CT molecular complexity index is 1120. The summed E-state index contributed by atoms with van der Waals surface area (Å²) in [6.07, 6.45) is 0. The van der Waals surface area contributed by atoms with Gasteiger partial charge in [-0.1, -0.05) is 30.3 Å². The first-order chi connectivity index (χ1) is 11.2. The van der Waals surface area contributed by atoms with E-state index in [1.165, 1.54) is 0 Å². The normalized spacial score (nSPS) is 11.2. The predicted molar refractivity (Wildman–Crippen MR) is 80.9 cm³/mol. The van der Waals surface area contributed by atoms with Gasteiger partial charge in [0.1, 0.15) is 26.2 Å². The number of rotatable bonds is 2. The van der Waals surface area contributed by atoms with Gasteiger partial charge in [0, 0.05) is 11.6 Å². The molecule has 0 aliphatic rings. The molecule has 0 saturated heterocycles. The second-order valence-corrected chi connectivity index (χ2v) is 6.19. The molecule has 0 aliphatic heterocycles. The SMILES string of the molecule is O=c1cc(-c2ccccc2)oc2c(S(=O)(=O)[O-])c(O)c(O)c(O)c12.[Na+]. The van der Waals surface area contributed by atoms with Gasteiger partial charge in [0.25, 0.3) is 0 Å². The van der Waals surface area contributed by atoms with Crippen molar-refractivity contribution in [2.24, 2.45) is 0 Å². The third-order valence-electron chi connectivity index (χ3n) is 3.36. The summed E-state index contributed by atoms with van der Waals surface area (Å²) in [5, 5.41) is 28.4. The molecule has 0 aliphatic carbocycles. The standard InChI is InChI=1S/C15H10O8S.Na/c16-8-6-9(7-4-2-1-3-5-7)23-14-10(8)11(17)12(18)13(19)15(14)24(20,21)22;/h1-6,17-19H,(H,20,21,22);/q;+1/p-1. The minimum Gasteiger partial charge on any atom is -0.744 e. The topological polar surface area (TPSA) is 148 Å². The number of phenolic OH excluding ortho intramolecular Hbond substituents is 3. The number of aromatic hydroxyl groups is 3. The van der Waals surface area contributed by atoms with Gasteiger partial charge in [-0.25, -0.2) is 8.42 Å². The van der Waals surface area contributed by atoms with E-state index in [9.17, 15) is 33.1 Å². The fraction of sp³-hybridized carbons (Fsp3) is 0. The van der Waals surface area contributed by atoms with Crippen molar-refractivity contribution < 1.29 is 62.3 Å². The Morgan fingerprint density at radius 1 is 0.960 bits per heavy atom. The molecule has 3 rings (SSSR count). The molecule has 0 radical (unpaired) electrons. The first kappa shape index (κ1) is 19.3. The van der Waals surface area contributed by atoms with Crippen molar-refractivity contribution in [1.82, 2.24) is 0 Å². The van der Waals surface area contributed by atoms with Crippen LogP contribution < -0.4 is 35.0 Å². The molecular formula is C15H9NaO8S. The van der Waals surface area contributed by atoms with Gasteiger partial charge in [-0.3, -0.25) is 4.79 Å². The van der Waals surface area contributed by atoms with Gasteiger partial charge in [-0.2, -0.15) is 0 Å². The maximum absolute atomic E-state index is 12.2. The van der Waals surface area contributed by atoms with E-state index in [-0.39, 0.29) is 35.3 Å². The summed E-state index contributed by atoms with van der Waals surface area (Å²) in [5.41, 5.74) is -1.32. The zero-order valence-electron chi connectivity index (χ0n) is 12.8. The number of benzene rings is 2. The van der Waals surface area contributed by atoms with E-state index < -0.39 is 48.7 Å². The molecule has 2 aromatic carbocycles. The summed E-state index contributed by atoms with van der Waals surface area (Å²) in [4.78, 5) is 10.9. The van der Waals surface area contributed by atoms with Crippen molar-refractivity contribution in [3.05, 3.63) is 46.6 Å². The molecule has 0 bridgehead atoms. The Morgan fingerprint density at radius 2 is 1.56 bits per heavy atom. The van der Waals surface area contributed by atoms with Gasteiger partial charge in [0.2, 0.25) is 5.75 Å². The molecular weight excluding hydrogens is 363 g/mol. The molecule has 25 heavy (non-hydrogen) atoms. The number of phenols is 3. The molecule has 8 nitrogen and oxygen atoms in total. The van der Waals surface area contributed by atoms with Crippen LogP contribution in [0.3, 0.4) is 0 Å². The predicted octanol–water partition coefficient (Wildman–Crippen LogP) is -1.52. The molecule has 0 amide bonds. The van der Waals surface area contributed by atoms with E-state index in [2.05, 4.69) is 0 Å². The van der Waals surface area contributed by atoms with Crippen LogP contribution in [0, 0.1) is 0 Å². The molecule has 10 heteroatoms. The molecule has 3 N–H and O–H groups in total. The van der Waals surface area contributed by atoms with Gasteiger partial charge in [-0.05, 0) is 0 Å². The summed E-state index contributed by atoms with van der Waals surface area (Å²) in [7, 11) is -5.32. The van der Waals surface area contributed by atoms with Crippen LogP contribution in [0.15, 0.2) is 50.5 Å². The quantitative estimate of drug-likeness (QED) is 0.279. The summed E-state index contributed by atoms with van der Waals surface area (Å²) in [6.45, 7) is 0. The average molecular weight is 372 g/mol. The summed E-state index contributed by atoms with van der Waals surface area (Å²) < 4.78 is 39.6. The first-order valence-electron chi connectivity index (χ1n) is 6.48. The van der Waals surface area contributed by atoms with Crippen molar-refractivity contribution in [2.45, 2.75) is 4.90 Å². The largest absolute Gasteiger partial charge is 1.00 e. The Kier molecular flexibility index (Phi) is 5.17. The molecule has 0 spiro atoms. The Balaban J connectivity index is 0.00000225. The molecule has 1 heterocycles. The number of fused-ring (bicyclic) bond motifs is 1. The van der Waals surface area contributed by atoms with Gasteiger partial charge in [0.15, 0.2) is 22.5 Å². The summed E-state index contributed by atoms with van der Waals surface area (Å²) >= 11 is 0. The van der Waals surface area contributed by atoms with Crippen LogP contribution in [-0.2, 0) is 10.1 Å². The monoisotopic (exact) mass is 372 g/mol. The fourth-order valence-electron chi connectivity index (χ4n) is 2.30. The molecule has 0 unspecified atom stereocenters. The maximum atomic E-state index is 12.2. The minimum atomic E-state index is -5.32. The minimum absolute atomic E-state index is 0. The third kappa shape index (κ3) is 3.24. The van der Waals surface area contributed by atoms with Gasteiger partial charge < -0.3 is 24.3 Å². The van der Waals surface area contributed by atoms with Crippen LogP contribution in [0.2, 0.25) is 0 Å². The summed E-state index contributed by atoms with van der Waals surface area (Å²) in [5.74, 6) is -3.84. The Hall–Kier alpha value is -2.04. The van der Waals surface area contributed by atoms with Crippen molar-refractivity contribution >= 4 is 21.1 Å². The molecule has 0 fully saturated rings. The van der Waals surface area contributed by atoms with Crippen LogP contribution in [0.1, 0.15) is 0 Å². The summed E-state index contributed by atoms with van der Waals surface area (Å²) in [6, 6.07) is 9.07. The number of hydrogen-bond acceptors (Lipinski definition) is 8. The van der Waals surface area contributed by atoms with E-state index >= 15 is 0 Å². The van der Waals surface area contributed by atoms with Gasteiger partial charge in [0.05, 0.1) is 0 Å².